The first-order valence-corrected chi connectivity index (χ1v) is 6.91. The van der Waals surface area contributed by atoms with Gasteiger partial charge < -0.3 is 9.84 Å². The van der Waals surface area contributed by atoms with Crippen LogP contribution in [0.3, 0.4) is 0 Å². The second-order valence-electron chi connectivity index (χ2n) is 5.61. The summed E-state index contributed by atoms with van der Waals surface area (Å²) in [5.74, 6) is -0.811. The van der Waals surface area contributed by atoms with Crippen LogP contribution >= 0.6 is 0 Å². The van der Waals surface area contributed by atoms with Crippen molar-refractivity contribution in [3.63, 3.8) is 0 Å². The Labute approximate surface area is 117 Å². The zero-order valence-corrected chi connectivity index (χ0v) is 11.4. The molecule has 3 atom stereocenters. The molecule has 0 amide bonds. The molecule has 0 saturated carbocycles. The lowest BCUT2D eigenvalue weighted by atomic mass is 9.89. The summed E-state index contributed by atoms with van der Waals surface area (Å²) in [6, 6.07) is 5.18. The fourth-order valence-electron chi connectivity index (χ4n) is 3.59. The van der Waals surface area contributed by atoms with Crippen LogP contribution in [0.2, 0.25) is 0 Å². The second kappa shape index (κ2) is 5.05. The Bertz CT molecular complexity index is 534. The predicted molar refractivity (Wildman–Crippen MR) is 71.0 cm³/mol. The molecule has 0 aromatic heterocycles. The number of fused-ring (bicyclic) bond motifs is 2. The van der Waals surface area contributed by atoms with Crippen LogP contribution in [0.25, 0.3) is 0 Å². The van der Waals surface area contributed by atoms with E-state index in [9.17, 15) is 14.3 Å². The molecule has 1 aromatic carbocycles. The molecule has 3 rings (SSSR count). The van der Waals surface area contributed by atoms with Gasteiger partial charge in [0, 0.05) is 30.3 Å². The highest BCUT2D eigenvalue weighted by Crippen LogP contribution is 2.42. The first kappa shape index (κ1) is 13.4. The van der Waals surface area contributed by atoms with Crippen LogP contribution in [0.1, 0.15) is 24.8 Å². The molecule has 2 heterocycles. The Balaban J connectivity index is 1.77. The van der Waals surface area contributed by atoms with E-state index in [0.717, 1.165) is 12.8 Å². The Morgan fingerprint density at radius 2 is 2.30 bits per heavy atom. The maximum atomic E-state index is 14.0. The number of benzene rings is 1. The van der Waals surface area contributed by atoms with E-state index in [4.69, 9.17) is 4.74 Å². The topological polar surface area (TPSA) is 49.8 Å². The number of methoxy groups -OCH3 is 1. The lowest BCUT2D eigenvalue weighted by Gasteiger charge is -2.23. The van der Waals surface area contributed by atoms with Crippen LogP contribution in [0.15, 0.2) is 18.2 Å². The molecule has 1 N–H and O–H groups in total. The lowest BCUT2D eigenvalue weighted by molar-refractivity contribution is -0.142. The smallest absolute Gasteiger partial charge is 0.308 e. The predicted octanol–water partition coefficient (Wildman–Crippen LogP) is 2.27. The molecular weight excluding hydrogens is 261 g/mol. The van der Waals surface area contributed by atoms with Gasteiger partial charge in [-0.05, 0) is 25.3 Å². The molecule has 1 aromatic rings. The summed E-state index contributed by atoms with van der Waals surface area (Å²) < 4.78 is 19.0. The molecule has 2 saturated heterocycles. The Morgan fingerprint density at radius 3 is 2.90 bits per heavy atom. The largest absolute Gasteiger partial charge is 0.497 e. The molecular formula is C15H18FNO3. The summed E-state index contributed by atoms with van der Waals surface area (Å²) in [5, 5.41) is 9.22. The zero-order valence-electron chi connectivity index (χ0n) is 11.4. The highest BCUT2D eigenvalue weighted by molar-refractivity contribution is 5.71. The molecule has 2 bridgehead atoms. The summed E-state index contributed by atoms with van der Waals surface area (Å²) in [6.45, 7) is 0.481. The van der Waals surface area contributed by atoms with Gasteiger partial charge in [-0.2, -0.15) is 0 Å². The van der Waals surface area contributed by atoms with E-state index < -0.39 is 5.97 Å². The monoisotopic (exact) mass is 279 g/mol. The van der Waals surface area contributed by atoms with E-state index >= 15 is 0 Å². The second-order valence-corrected chi connectivity index (χ2v) is 5.61. The maximum absolute atomic E-state index is 14.0. The van der Waals surface area contributed by atoms with Gasteiger partial charge in [-0.1, -0.05) is 6.07 Å². The number of carboxylic acids is 1. The van der Waals surface area contributed by atoms with Crippen molar-refractivity contribution in [2.45, 2.75) is 37.9 Å². The van der Waals surface area contributed by atoms with Gasteiger partial charge >= 0.3 is 5.97 Å². The quantitative estimate of drug-likeness (QED) is 0.918. The highest BCUT2D eigenvalue weighted by Gasteiger charge is 2.49. The molecule has 0 spiro atoms. The molecule has 20 heavy (non-hydrogen) atoms. The van der Waals surface area contributed by atoms with Crippen LogP contribution in [0, 0.1) is 11.7 Å². The first-order valence-electron chi connectivity index (χ1n) is 6.91. The normalized spacial score (nSPS) is 28.8. The van der Waals surface area contributed by atoms with Crippen molar-refractivity contribution in [1.29, 1.82) is 0 Å². The zero-order chi connectivity index (χ0) is 14.3. The summed E-state index contributed by atoms with van der Waals surface area (Å²) in [5.41, 5.74) is 0.605. The minimum atomic E-state index is -0.725. The van der Waals surface area contributed by atoms with Crippen molar-refractivity contribution in [2.24, 2.45) is 5.92 Å². The SMILES string of the molecule is COc1ccc(CN2C3CCC2C(C(=O)O)C3)c(F)c1. The minimum Gasteiger partial charge on any atom is -0.497 e. The number of ether oxygens (including phenoxy) is 1. The van der Waals surface area contributed by atoms with Crippen LogP contribution in [0.5, 0.6) is 5.75 Å². The number of rotatable bonds is 4. The van der Waals surface area contributed by atoms with Gasteiger partial charge in [0.25, 0.3) is 0 Å². The average molecular weight is 279 g/mol. The van der Waals surface area contributed by atoms with Crippen molar-refractivity contribution >= 4 is 5.97 Å². The van der Waals surface area contributed by atoms with Gasteiger partial charge in [-0.25, -0.2) is 4.39 Å². The van der Waals surface area contributed by atoms with Gasteiger partial charge in [0.15, 0.2) is 0 Å². The number of hydrogen-bond donors (Lipinski definition) is 1. The van der Waals surface area contributed by atoms with Gasteiger partial charge in [-0.15, -0.1) is 0 Å². The molecule has 0 aliphatic carbocycles. The number of carbonyl (C=O) groups is 1. The van der Waals surface area contributed by atoms with Gasteiger partial charge in [0.1, 0.15) is 11.6 Å². The van der Waals surface area contributed by atoms with E-state index in [1.165, 1.54) is 13.2 Å². The molecule has 2 aliphatic rings. The van der Waals surface area contributed by atoms with E-state index in [2.05, 4.69) is 4.90 Å². The third-order valence-corrected chi connectivity index (χ3v) is 4.61. The molecule has 108 valence electrons. The summed E-state index contributed by atoms with van der Waals surface area (Å²) >= 11 is 0. The fourth-order valence-corrected chi connectivity index (χ4v) is 3.59. The number of hydrogen-bond acceptors (Lipinski definition) is 3. The lowest BCUT2D eigenvalue weighted by Crippen LogP contribution is -2.32. The van der Waals surface area contributed by atoms with Crippen LogP contribution < -0.4 is 4.74 Å². The third kappa shape index (κ3) is 2.16. The summed E-state index contributed by atoms with van der Waals surface area (Å²) in [4.78, 5) is 13.4. The first-order chi connectivity index (χ1) is 9.60. The Morgan fingerprint density at radius 1 is 1.50 bits per heavy atom. The Hall–Kier alpha value is -1.62. The molecule has 4 nitrogen and oxygen atoms in total. The van der Waals surface area contributed by atoms with Crippen LogP contribution in [-0.4, -0.2) is 35.2 Å². The fraction of sp³-hybridized carbons (Fsp3) is 0.533. The summed E-state index contributed by atoms with van der Waals surface area (Å²) in [6.07, 6.45) is 2.61. The number of aliphatic carboxylic acids is 1. The van der Waals surface area contributed by atoms with E-state index in [1.54, 1.807) is 12.1 Å². The number of nitrogens with zero attached hydrogens (tertiary/aromatic N) is 1. The van der Waals surface area contributed by atoms with Crippen molar-refractivity contribution in [3.05, 3.63) is 29.6 Å². The van der Waals surface area contributed by atoms with Crippen LogP contribution in [-0.2, 0) is 11.3 Å². The van der Waals surface area contributed by atoms with Gasteiger partial charge in [0.05, 0.1) is 13.0 Å². The van der Waals surface area contributed by atoms with Gasteiger partial charge in [0.2, 0.25) is 0 Å². The number of carboxylic acid groups (broad SMARTS) is 1. The minimum absolute atomic E-state index is 0.0546. The molecule has 0 radical (unpaired) electrons. The highest BCUT2D eigenvalue weighted by atomic mass is 19.1. The number of halogens is 1. The third-order valence-electron chi connectivity index (χ3n) is 4.61. The van der Waals surface area contributed by atoms with Crippen molar-refractivity contribution in [2.75, 3.05) is 7.11 Å². The molecule has 2 fully saturated rings. The molecule has 3 unspecified atom stereocenters. The Kier molecular flexibility index (Phi) is 3.38. The van der Waals surface area contributed by atoms with Crippen LogP contribution in [0.4, 0.5) is 4.39 Å². The molecule has 2 aliphatic heterocycles. The standard InChI is InChI=1S/C15H18FNO3/c1-20-11-4-2-9(13(16)7-11)8-17-10-3-5-14(17)12(6-10)15(18)19/h2,4,7,10,12,14H,3,5-6,8H2,1H3,(H,18,19). The van der Waals surface area contributed by atoms with Crippen molar-refractivity contribution < 1.29 is 19.0 Å². The van der Waals surface area contributed by atoms with Gasteiger partial charge in [-0.3, -0.25) is 9.69 Å². The van der Waals surface area contributed by atoms with E-state index in [1.807, 2.05) is 0 Å². The van der Waals surface area contributed by atoms with Crippen molar-refractivity contribution in [1.82, 2.24) is 4.90 Å². The van der Waals surface area contributed by atoms with Crippen molar-refractivity contribution in [3.8, 4) is 5.75 Å². The van der Waals surface area contributed by atoms with E-state index in [-0.39, 0.29) is 23.8 Å². The molecule has 5 heteroatoms. The summed E-state index contributed by atoms with van der Waals surface area (Å²) in [7, 11) is 1.51. The van der Waals surface area contributed by atoms with E-state index in [0.29, 0.717) is 24.3 Å². The average Bonchev–Trinajstić information content (AvgIpc) is 2.98. The maximum Gasteiger partial charge on any atom is 0.308 e.